The SMILES string of the molecule is CCNC(=NCC1(N2CCOCC2)CCSC1)NCC(C)COCc1ccccc1. The Morgan fingerprint density at radius 1 is 1.27 bits per heavy atom. The quantitative estimate of drug-likeness (QED) is 0.436. The predicted molar refractivity (Wildman–Crippen MR) is 126 cm³/mol. The molecule has 2 aliphatic rings. The van der Waals surface area contributed by atoms with Crippen LogP contribution in [0.2, 0.25) is 0 Å². The Morgan fingerprint density at radius 2 is 2.07 bits per heavy atom. The summed E-state index contributed by atoms with van der Waals surface area (Å²) in [6, 6.07) is 10.3. The molecule has 6 nitrogen and oxygen atoms in total. The number of benzene rings is 1. The number of ether oxygens (including phenoxy) is 2. The molecule has 0 saturated carbocycles. The predicted octanol–water partition coefficient (Wildman–Crippen LogP) is 2.60. The monoisotopic (exact) mass is 434 g/mol. The van der Waals surface area contributed by atoms with E-state index in [-0.39, 0.29) is 5.54 Å². The molecule has 2 aliphatic heterocycles. The molecule has 2 saturated heterocycles. The Bertz CT molecular complexity index is 631. The van der Waals surface area contributed by atoms with Gasteiger partial charge in [0.25, 0.3) is 0 Å². The summed E-state index contributed by atoms with van der Waals surface area (Å²) in [5.74, 6) is 3.72. The second kappa shape index (κ2) is 12.5. The molecule has 0 aromatic heterocycles. The zero-order valence-electron chi connectivity index (χ0n) is 18.6. The second-order valence-corrected chi connectivity index (χ2v) is 9.41. The van der Waals surface area contributed by atoms with Crippen molar-refractivity contribution in [1.29, 1.82) is 0 Å². The molecule has 0 amide bonds. The number of morpholine rings is 1. The minimum absolute atomic E-state index is 0.182. The van der Waals surface area contributed by atoms with Crippen LogP contribution in [0.25, 0.3) is 0 Å². The summed E-state index contributed by atoms with van der Waals surface area (Å²) < 4.78 is 11.5. The number of nitrogens with one attached hydrogen (secondary N) is 2. The fourth-order valence-corrected chi connectivity index (χ4v) is 5.43. The van der Waals surface area contributed by atoms with Gasteiger partial charge >= 0.3 is 0 Å². The van der Waals surface area contributed by atoms with Crippen molar-refractivity contribution in [3.63, 3.8) is 0 Å². The first kappa shape index (κ1) is 23.4. The van der Waals surface area contributed by atoms with Crippen LogP contribution in [0.3, 0.4) is 0 Å². The summed E-state index contributed by atoms with van der Waals surface area (Å²) in [4.78, 5) is 7.62. The van der Waals surface area contributed by atoms with Crippen molar-refractivity contribution in [1.82, 2.24) is 15.5 Å². The molecule has 30 heavy (non-hydrogen) atoms. The van der Waals surface area contributed by atoms with Gasteiger partial charge in [-0.15, -0.1) is 0 Å². The van der Waals surface area contributed by atoms with Gasteiger partial charge in [0.05, 0.1) is 38.5 Å². The van der Waals surface area contributed by atoms with E-state index in [1.165, 1.54) is 23.5 Å². The molecule has 2 unspecified atom stereocenters. The molecule has 168 valence electrons. The van der Waals surface area contributed by atoms with Gasteiger partial charge in [0.2, 0.25) is 0 Å². The molecule has 2 fully saturated rings. The molecule has 1 aromatic carbocycles. The number of aliphatic imine (C=N–C) groups is 1. The van der Waals surface area contributed by atoms with Crippen LogP contribution in [0.1, 0.15) is 25.8 Å². The number of hydrogen-bond donors (Lipinski definition) is 2. The Balaban J connectivity index is 1.47. The summed E-state index contributed by atoms with van der Waals surface area (Å²) in [6.45, 7) is 12.0. The smallest absolute Gasteiger partial charge is 0.191 e. The number of thioether (sulfide) groups is 1. The van der Waals surface area contributed by atoms with Gasteiger partial charge in [-0.2, -0.15) is 11.8 Å². The first-order valence-corrected chi connectivity index (χ1v) is 12.4. The summed E-state index contributed by atoms with van der Waals surface area (Å²) in [5.41, 5.74) is 1.40. The molecule has 1 aromatic rings. The highest BCUT2D eigenvalue weighted by atomic mass is 32.2. The van der Waals surface area contributed by atoms with Crippen LogP contribution in [0.4, 0.5) is 0 Å². The van der Waals surface area contributed by atoms with Crippen LogP contribution < -0.4 is 10.6 Å². The maximum absolute atomic E-state index is 5.89. The average Bonchev–Trinajstić information content (AvgIpc) is 3.27. The van der Waals surface area contributed by atoms with Gasteiger partial charge in [-0.3, -0.25) is 9.89 Å². The van der Waals surface area contributed by atoms with Crippen LogP contribution >= 0.6 is 11.8 Å². The van der Waals surface area contributed by atoms with Crippen LogP contribution in [-0.2, 0) is 16.1 Å². The molecular weight excluding hydrogens is 396 g/mol. The van der Waals surface area contributed by atoms with Crippen LogP contribution in [-0.4, -0.2) is 80.4 Å². The van der Waals surface area contributed by atoms with E-state index in [9.17, 15) is 0 Å². The van der Waals surface area contributed by atoms with Crippen molar-refractivity contribution in [2.24, 2.45) is 10.9 Å². The highest BCUT2D eigenvalue weighted by Gasteiger charge is 2.40. The highest BCUT2D eigenvalue weighted by Crippen LogP contribution is 2.34. The lowest BCUT2D eigenvalue weighted by Gasteiger charge is -2.42. The topological polar surface area (TPSA) is 58.1 Å². The fourth-order valence-electron chi connectivity index (χ4n) is 3.96. The average molecular weight is 435 g/mol. The third-order valence-electron chi connectivity index (χ3n) is 5.77. The highest BCUT2D eigenvalue weighted by molar-refractivity contribution is 7.99. The van der Waals surface area contributed by atoms with E-state index in [1.807, 2.05) is 6.07 Å². The van der Waals surface area contributed by atoms with Crippen molar-refractivity contribution in [3.05, 3.63) is 35.9 Å². The van der Waals surface area contributed by atoms with E-state index in [2.05, 4.69) is 65.4 Å². The summed E-state index contributed by atoms with van der Waals surface area (Å²) in [7, 11) is 0. The van der Waals surface area contributed by atoms with E-state index in [0.717, 1.165) is 58.5 Å². The van der Waals surface area contributed by atoms with Gasteiger partial charge in [-0.25, -0.2) is 0 Å². The summed E-state index contributed by atoms with van der Waals surface area (Å²) in [5, 5.41) is 6.93. The maximum Gasteiger partial charge on any atom is 0.191 e. The van der Waals surface area contributed by atoms with Gasteiger partial charge < -0.3 is 20.1 Å². The molecule has 0 spiro atoms. The lowest BCUT2D eigenvalue weighted by atomic mass is 9.96. The minimum Gasteiger partial charge on any atom is -0.379 e. The lowest BCUT2D eigenvalue weighted by Crippen LogP contribution is -2.56. The summed E-state index contributed by atoms with van der Waals surface area (Å²) in [6.07, 6.45) is 1.21. The van der Waals surface area contributed by atoms with E-state index in [1.54, 1.807) is 0 Å². The minimum atomic E-state index is 0.182. The van der Waals surface area contributed by atoms with Crippen LogP contribution in [0.15, 0.2) is 35.3 Å². The second-order valence-electron chi connectivity index (χ2n) is 8.31. The van der Waals surface area contributed by atoms with Crippen molar-refractivity contribution in [3.8, 4) is 0 Å². The molecule has 0 radical (unpaired) electrons. The summed E-state index contributed by atoms with van der Waals surface area (Å²) >= 11 is 2.06. The van der Waals surface area contributed by atoms with E-state index in [4.69, 9.17) is 14.5 Å². The molecular formula is C23H38N4O2S. The van der Waals surface area contributed by atoms with Crippen molar-refractivity contribution >= 4 is 17.7 Å². The fraction of sp³-hybridized carbons (Fsp3) is 0.696. The molecule has 2 heterocycles. The zero-order chi connectivity index (χ0) is 21.1. The van der Waals surface area contributed by atoms with E-state index < -0.39 is 0 Å². The van der Waals surface area contributed by atoms with Crippen LogP contribution in [0, 0.1) is 5.92 Å². The zero-order valence-corrected chi connectivity index (χ0v) is 19.4. The van der Waals surface area contributed by atoms with Crippen molar-refractivity contribution < 1.29 is 9.47 Å². The standard InChI is InChI=1S/C23H38N4O2S/c1-3-24-22(25-15-20(2)16-29-17-21-7-5-4-6-8-21)26-18-23(9-14-30-19-23)27-10-12-28-13-11-27/h4-8,20H,3,9-19H2,1-2H3,(H2,24,25,26). The number of guanidine groups is 1. The van der Waals surface area contributed by atoms with Crippen LogP contribution in [0.5, 0.6) is 0 Å². The molecule has 0 bridgehead atoms. The van der Waals surface area contributed by atoms with E-state index in [0.29, 0.717) is 12.5 Å². The van der Waals surface area contributed by atoms with Crippen molar-refractivity contribution in [2.75, 3.05) is 64.1 Å². The number of hydrogen-bond acceptors (Lipinski definition) is 5. The van der Waals surface area contributed by atoms with Gasteiger partial charge in [-0.1, -0.05) is 37.3 Å². The number of rotatable bonds is 10. The Morgan fingerprint density at radius 3 is 2.77 bits per heavy atom. The Kier molecular flexibility index (Phi) is 9.78. The first-order valence-electron chi connectivity index (χ1n) is 11.3. The largest absolute Gasteiger partial charge is 0.379 e. The third kappa shape index (κ3) is 7.15. The first-order chi connectivity index (χ1) is 14.7. The van der Waals surface area contributed by atoms with Gasteiger partial charge in [0.1, 0.15) is 0 Å². The molecule has 2 atom stereocenters. The van der Waals surface area contributed by atoms with Gasteiger partial charge in [-0.05, 0) is 30.6 Å². The molecule has 3 rings (SSSR count). The van der Waals surface area contributed by atoms with Gasteiger partial charge in [0.15, 0.2) is 5.96 Å². The Labute approximate surface area is 186 Å². The molecule has 7 heteroatoms. The van der Waals surface area contributed by atoms with E-state index >= 15 is 0 Å². The maximum atomic E-state index is 5.89. The third-order valence-corrected chi connectivity index (χ3v) is 7.01. The number of nitrogens with zero attached hydrogens (tertiary/aromatic N) is 2. The van der Waals surface area contributed by atoms with Crippen molar-refractivity contribution in [2.45, 2.75) is 32.4 Å². The molecule has 0 aliphatic carbocycles. The van der Waals surface area contributed by atoms with Gasteiger partial charge in [0, 0.05) is 31.9 Å². The normalized spacial score (nSPS) is 24.0. The lowest BCUT2D eigenvalue weighted by molar-refractivity contribution is -0.0104. The molecule has 2 N–H and O–H groups in total. The Hall–Kier alpha value is -1.28.